The Hall–Kier alpha value is -2.55. The first kappa shape index (κ1) is 17.8. The molecule has 0 aliphatic heterocycles. The van der Waals surface area contributed by atoms with E-state index in [4.69, 9.17) is 9.47 Å². The van der Waals surface area contributed by atoms with E-state index in [0.717, 1.165) is 16.9 Å². The van der Waals surface area contributed by atoms with Gasteiger partial charge in [0.2, 0.25) is 0 Å². The van der Waals surface area contributed by atoms with Gasteiger partial charge in [-0.15, -0.1) is 0 Å². The van der Waals surface area contributed by atoms with Gasteiger partial charge in [0.05, 0.1) is 7.11 Å². The molecule has 0 amide bonds. The van der Waals surface area contributed by atoms with Crippen LogP contribution in [-0.4, -0.2) is 13.1 Å². The number of carbonyl (C=O) groups is 1. The Morgan fingerprint density at radius 2 is 1.62 bits per heavy atom. The van der Waals surface area contributed by atoms with Gasteiger partial charge in [-0.2, -0.15) is 0 Å². The lowest BCUT2D eigenvalue weighted by Gasteiger charge is -2.19. The van der Waals surface area contributed by atoms with Crippen LogP contribution in [0.2, 0.25) is 0 Å². The number of ether oxygens (including phenoxy) is 2. The van der Waals surface area contributed by atoms with Crippen LogP contribution in [0.25, 0.3) is 6.08 Å². The van der Waals surface area contributed by atoms with Crippen molar-refractivity contribution in [2.45, 2.75) is 32.8 Å². The summed E-state index contributed by atoms with van der Waals surface area (Å²) in [6.45, 7) is 6.79. The van der Waals surface area contributed by atoms with Crippen LogP contribution in [0.1, 0.15) is 37.5 Å². The Morgan fingerprint density at radius 1 is 1.00 bits per heavy atom. The van der Waals surface area contributed by atoms with Gasteiger partial charge in [0, 0.05) is 6.08 Å². The van der Waals surface area contributed by atoms with Crippen molar-refractivity contribution in [2.75, 3.05) is 7.11 Å². The van der Waals surface area contributed by atoms with E-state index >= 15 is 0 Å². The van der Waals surface area contributed by atoms with Gasteiger partial charge in [0.15, 0.2) is 0 Å². The molecule has 0 saturated heterocycles. The number of methoxy groups -OCH3 is 1. The van der Waals surface area contributed by atoms with E-state index in [1.165, 1.54) is 11.6 Å². The summed E-state index contributed by atoms with van der Waals surface area (Å²) in [5.41, 5.74) is 3.28. The van der Waals surface area contributed by atoms with Crippen LogP contribution < -0.4 is 4.74 Å². The third kappa shape index (κ3) is 5.27. The summed E-state index contributed by atoms with van der Waals surface area (Å²) in [5.74, 6) is 0.430. The first-order valence-corrected chi connectivity index (χ1v) is 7.97. The zero-order valence-corrected chi connectivity index (χ0v) is 14.7. The van der Waals surface area contributed by atoms with Gasteiger partial charge in [-0.1, -0.05) is 57.2 Å². The Bertz CT molecular complexity index is 689. The summed E-state index contributed by atoms with van der Waals surface area (Å²) in [6.07, 6.45) is 3.16. The summed E-state index contributed by atoms with van der Waals surface area (Å²) in [5, 5.41) is 0. The average Bonchev–Trinajstić information content (AvgIpc) is 2.58. The number of hydrogen-bond donors (Lipinski definition) is 0. The largest absolute Gasteiger partial charge is 0.497 e. The van der Waals surface area contributed by atoms with Crippen LogP contribution in [-0.2, 0) is 21.6 Å². The van der Waals surface area contributed by atoms with E-state index in [2.05, 4.69) is 32.9 Å². The Labute approximate surface area is 143 Å². The molecule has 2 rings (SSSR count). The van der Waals surface area contributed by atoms with Gasteiger partial charge in [0.25, 0.3) is 0 Å². The van der Waals surface area contributed by atoms with Crippen molar-refractivity contribution in [1.82, 2.24) is 0 Å². The SMILES string of the molecule is COc1ccc(C=CC(=O)OCc2ccc(C(C)(C)C)cc2)cc1. The Balaban J connectivity index is 1.87. The quantitative estimate of drug-likeness (QED) is 0.588. The predicted octanol–water partition coefficient (Wildman–Crippen LogP) is 4.75. The van der Waals surface area contributed by atoms with Crippen molar-refractivity contribution in [3.63, 3.8) is 0 Å². The summed E-state index contributed by atoms with van der Waals surface area (Å²) in [7, 11) is 1.62. The molecule has 0 bridgehead atoms. The summed E-state index contributed by atoms with van der Waals surface area (Å²) < 4.78 is 10.4. The first-order valence-electron chi connectivity index (χ1n) is 7.97. The molecule has 0 aromatic heterocycles. The van der Waals surface area contributed by atoms with Gasteiger partial charge in [0.1, 0.15) is 12.4 Å². The normalized spacial score (nSPS) is 11.5. The lowest BCUT2D eigenvalue weighted by molar-refractivity contribution is -0.138. The third-order valence-corrected chi connectivity index (χ3v) is 3.73. The molecule has 0 spiro atoms. The average molecular weight is 324 g/mol. The van der Waals surface area contributed by atoms with E-state index in [-0.39, 0.29) is 18.0 Å². The van der Waals surface area contributed by atoms with Gasteiger partial charge in [-0.3, -0.25) is 0 Å². The molecule has 0 aliphatic carbocycles. The highest BCUT2D eigenvalue weighted by molar-refractivity contribution is 5.87. The van der Waals surface area contributed by atoms with Crippen molar-refractivity contribution in [3.8, 4) is 5.75 Å². The van der Waals surface area contributed by atoms with Crippen molar-refractivity contribution >= 4 is 12.0 Å². The molecule has 0 fully saturated rings. The van der Waals surface area contributed by atoms with Gasteiger partial charge < -0.3 is 9.47 Å². The van der Waals surface area contributed by atoms with Crippen LogP contribution in [0.3, 0.4) is 0 Å². The van der Waals surface area contributed by atoms with Crippen LogP contribution in [0.15, 0.2) is 54.6 Å². The minimum Gasteiger partial charge on any atom is -0.497 e. The second-order valence-corrected chi connectivity index (χ2v) is 6.66. The van der Waals surface area contributed by atoms with E-state index in [9.17, 15) is 4.79 Å². The fourth-order valence-corrected chi connectivity index (χ4v) is 2.18. The second-order valence-electron chi connectivity index (χ2n) is 6.66. The van der Waals surface area contributed by atoms with Crippen molar-refractivity contribution in [3.05, 3.63) is 71.3 Å². The maximum atomic E-state index is 11.8. The highest BCUT2D eigenvalue weighted by Crippen LogP contribution is 2.22. The highest BCUT2D eigenvalue weighted by atomic mass is 16.5. The molecule has 0 N–H and O–H groups in total. The molecular weight excluding hydrogens is 300 g/mol. The minimum atomic E-state index is -0.356. The molecule has 0 radical (unpaired) electrons. The second kappa shape index (κ2) is 7.82. The van der Waals surface area contributed by atoms with Gasteiger partial charge in [-0.25, -0.2) is 4.79 Å². The molecule has 2 aromatic rings. The number of benzene rings is 2. The third-order valence-electron chi connectivity index (χ3n) is 3.73. The molecule has 0 aliphatic rings. The zero-order valence-electron chi connectivity index (χ0n) is 14.7. The van der Waals surface area contributed by atoms with Gasteiger partial charge >= 0.3 is 5.97 Å². The highest BCUT2D eigenvalue weighted by Gasteiger charge is 2.12. The molecule has 3 heteroatoms. The van der Waals surface area contributed by atoms with Crippen LogP contribution in [0, 0.1) is 0 Å². The monoisotopic (exact) mass is 324 g/mol. The lowest BCUT2D eigenvalue weighted by Crippen LogP contribution is -2.10. The van der Waals surface area contributed by atoms with Crippen LogP contribution in [0.5, 0.6) is 5.75 Å². The Morgan fingerprint density at radius 3 is 2.17 bits per heavy atom. The number of carbonyl (C=O) groups excluding carboxylic acids is 1. The molecule has 126 valence electrons. The summed E-state index contributed by atoms with van der Waals surface area (Å²) >= 11 is 0. The molecule has 0 unspecified atom stereocenters. The topological polar surface area (TPSA) is 35.5 Å². The zero-order chi connectivity index (χ0) is 17.6. The van der Waals surface area contributed by atoms with Crippen molar-refractivity contribution < 1.29 is 14.3 Å². The molecule has 24 heavy (non-hydrogen) atoms. The smallest absolute Gasteiger partial charge is 0.331 e. The fraction of sp³-hybridized carbons (Fsp3) is 0.286. The van der Waals surface area contributed by atoms with Crippen LogP contribution in [0.4, 0.5) is 0 Å². The Kier molecular flexibility index (Phi) is 5.80. The minimum absolute atomic E-state index is 0.121. The van der Waals surface area contributed by atoms with E-state index in [1.807, 2.05) is 36.4 Å². The summed E-state index contributed by atoms with van der Waals surface area (Å²) in [6, 6.07) is 15.6. The molecule has 0 saturated carbocycles. The lowest BCUT2D eigenvalue weighted by atomic mass is 9.87. The van der Waals surface area contributed by atoms with E-state index in [1.54, 1.807) is 13.2 Å². The predicted molar refractivity (Wildman–Crippen MR) is 97.0 cm³/mol. The standard InChI is InChI=1S/C21H24O3/c1-21(2,3)18-10-5-17(6-11-18)15-24-20(22)14-9-16-7-12-19(23-4)13-8-16/h5-14H,15H2,1-4H3. The number of rotatable bonds is 5. The molecular formula is C21H24O3. The molecule has 3 nitrogen and oxygen atoms in total. The molecule has 0 heterocycles. The van der Waals surface area contributed by atoms with Gasteiger partial charge in [-0.05, 0) is 40.3 Å². The maximum absolute atomic E-state index is 11.8. The number of hydrogen-bond acceptors (Lipinski definition) is 3. The van der Waals surface area contributed by atoms with Crippen molar-refractivity contribution in [2.24, 2.45) is 0 Å². The molecule has 2 aromatic carbocycles. The molecule has 0 atom stereocenters. The first-order chi connectivity index (χ1) is 11.4. The van der Waals surface area contributed by atoms with Crippen LogP contribution >= 0.6 is 0 Å². The summed E-state index contributed by atoms with van der Waals surface area (Å²) in [4.78, 5) is 11.8. The number of esters is 1. The fourth-order valence-electron chi connectivity index (χ4n) is 2.18. The van der Waals surface area contributed by atoms with E-state index < -0.39 is 0 Å². The van der Waals surface area contributed by atoms with E-state index in [0.29, 0.717) is 0 Å². The maximum Gasteiger partial charge on any atom is 0.331 e. The van der Waals surface area contributed by atoms with Crippen molar-refractivity contribution in [1.29, 1.82) is 0 Å².